The number of hydrogen-bond donors (Lipinski definition) is 2. The zero-order chi connectivity index (χ0) is 11.5. The van der Waals surface area contributed by atoms with Gasteiger partial charge in [0.05, 0.1) is 38.5 Å². The molecule has 9 nitrogen and oxygen atoms in total. The number of azide groups is 2. The molecule has 0 fully saturated rings. The second-order valence-electron chi connectivity index (χ2n) is 2.67. The largest absolute Gasteiger partial charge is 0.391 e. The van der Waals surface area contributed by atoms with E-state index in [1.807, 2.05) is 0 Å². The summed E-state index contributed by atoms with van der Waals surface area (Å²) < 4.78 is 4.88. The van der Waals surface area contributed by atoms with Crippen molar-refractivity contribution >= 4 is 0 Å². The second-order valence-corrected chi connectivity index (χ2v) is 2.67. The monoisotopic (exact) mass is 216 g/mol. The number of hydrogen-bond acceptors (Lipinski definition) is 5. The number of ether oxygens (including phenoxy) is 1. The first-order valence-corrected chi connectivity index (χ1v) is 4.16. The fourth-order valence-electron chi connectivity index (χ4n) is 0.707. The van der Waals surface area contributed by atoms with E-state index in [0.29, 0.717) is 0 Å². The SMILES string of the molecule is [N-]=[N+]=NCC(O)COCC(O)CN=[N+]=[N-]. The Labute approximate surface area is 85.5 Å². The van der Waals surface area contributed by atoms with Crippen LogP contribution in [0.3, 0.4) is 0 Å². The van der Waals surface area contributed by atoms with Gasteiger partial charge < -0.3 is 14.9 Å². The Hall–Kier alpha value is -1.50. The van der Waals surface area contributed by atoms with Crippen LogP contribution in [-0.4, -0.2) is 48.7 Å². The predicted molar refractivity (Wildman–Crippen MR) is 50.9 cm³/mol. The van der Waals surface area contributed by atoms with Crippen LogP contribution < -0.4 is 0 Å². The van der Waals surface area contributed by atoms with E-state index in [-0.39, 0.29) is 26.3 Å². The third-order valence-corrected chi connectivity index (χ3v) is 1.33. The molecule has 84 valence electrons. The second kappa shape index (κ2) is 9.07. The van der Waals surface area contributed by atoms with Gasteiger partial charge >= 0.3 is 0 Å². The molecule has 0 aliphatic carbocycles. The quantitative estimate of drug-likeness (QED) is 0.342. The standard InChI is InChI=1S/C6H12N6O3/c7-11-9-1-5(13)3-15-4-6(14)2-10-12-8/h5-6,13-14H,1-4H2. The van der Waals surface area contributed by atoms with E-state index in [4.69, 9.17) is 26.0 Å². The molecule has 0 spiro atoms. The van der Waals surface area contributed by atoms with Crippen LogP contribution in [0.1, 0.15) is 0 Å². The van der Waals surface area contributed by atoms with Crippen molar-refractivity contribution < 1.29 is 14.9 Å². The third-order valence-electron chi connectivity index (χ3n) is 1.33. The van der Waals surface area contributed by atoms with Crippen molar-refractivity contribution in [1.29, 1.82) is 0 Å². The molecule has 2 atom stereocenters. The first-order chi connectivity index (χ1) is 7.20. The molecule has 0 aromatic carbocycles. The Morgan fingerprint density at radius 1 is 1.00 bits per heavy atom. The summed E-state index contributed by atoms with van der Waals surface area (Å²) in [6, 6.07) is 0. The minimum Gasteiger partial charge on any atom is -0.391 e. The lowest BCUT2D eigenvalue weighted by Gasteiger charge is -2.11. The zero-order valence-corrected chi connectivity index (χ0v) is 7.97. The van der Waals surface area contributed by atoms with Crippen LogP contribution >= 0.6 is 0 Å². The van der Waals surface area contributed by atoms with E-state index in [1.54, 1.807) is 0 Å². The van der Waals surface area contributed by atoms with E-state index in [2.05, 4.69) is 20.1 Å². The maximum absolute atomic E-state index is 9.12. The Kier molecular flexibility index (Phi) is 8.16. The number of aliphatic hydroxyl groups is 2. The van der Waals surface area contributed by atoms with E-state index in [0.717, 1.165) is 0 Å². The van der Waals surface area contributed by atoms with Crippen LogP contribution in [0.5, 0.6) is 0 Å². The molecule has 0 saturated heterocycles. The lowest BCUT2D eigenvalue weighted by Crippen LogP contribution is -2.24. The van der Waals surface area contributed by atoms with E-state index in [9.17, 15) is 0 Å². The molecule has 0 heterocycles. The molecule has 0 aromatic rings. The van der Waals surface area contributed by atoms with Crippen LogP contribution in [0.4, 0.5) is 0 Å². The van der Waals surface area contributed by atoms with Crippen molar-refractivity contribution in [2.75, 3.05) is 26.3 Å². The van der Waals surface area contributed by atoms with Crippen LogP contribution in [0.15, 0.2) is 10.2 Å². The highest BCUT2D eigenvalue weighted by atomic mass is 16.5. The normalized spacial score (nSPS) is 13.5. The maximum atomic E-state index is 9.12. The van der Waals surface area contributed by atoms with Crippen molar-refractivity contribution in [3.63, 3.8) is 0 Å². The number of rotatable bonds is 8. The molecule has 0 radical (unpaired) electrons. The average Bonchev–Trinajstić information content (AvgIpc) is 2.23. The topological polar surface area (TPSA) is 147 Å². The van der Waals surface area contributed by atoms with Crippen molar-refractivity contribution in [3.05, 3.63) is 20.9 Å². The van der Waals surface area contributed by atoms with Crippen molar-refractivity contribution in [2.24, 2.45) is 10.2 Å². The minimum absolute atomic E-state index is 0.0493. The van der Waals surface area contributed by atoms with Gasteiger partial charge in [0, 0.05) is 9.82 Å². The smallest absolute Gasteiger partial charge is 0.0829 e. The molecule has 2 unspecified atom stereocenters. The Morgan fingerprint density at radius 2 is 1.40 bits per heavy atom. The fraction of sp³-hybridized carbons (Fsp3) is 1.00. The third kappa shape index (κ3) is 8.82. The average molecular weight is 216 g/mol. The molecule has 0 aliphatic heterocycles. The summed E-state index contributed by atoms with van der Waals surface area (Å²) in [6.45, 7) is -0.259. The van der Waals surface area contributed by atoms with Gasteiger partial charge in [0.2, 0.25) is 0 Å². The van der Waals surface area contributed by atoms with Gasteiger partial charge in [-0.25, -0.2) is 0 Å². The Morgan fingerprint density at radius 3 is 1.73 bits per heavy atom. The first kappa shape index (κ1) is 13.5. The van der Waals surface area contributed by atoms with Crippen LogP contribution in [0.2, 0.25) is 0 Å². The Balaban J connectivity index is 3.51. The van der Waals surface area contributed by atoms with Crippen LogP contribution in [0, 0.1) is 0 Å². The molecule has 2 N–H and O–H groups in total. The molecule has 9 heteroatoms. The summed E-state index contributed by atoms with van der Waals surface area (Å²) in [5.41, 5.74) is 15.9. The van der Waals surface area contributed by atoms with Crippen molar-refractivity contribution in [1.82, 2.24) is 0 Å². The molecule has 0 aliphatic rings. The van der Waals surface area contributed by atoms with Crippen LogP contribution in [0.25, 0.3) is 20.9 Å². The highest BCUT2D eigenvalue weighted by Crippen LogP contribution is 1.91. The molecule has 0 bridgehead atoms. The van der Waals surface area contributed by atoms with Crippen molar-refractivity contribution in [2.45, 2.75) is 12.2 Å². The van der Waals surface area contributed by atoms with E-state index < -0.39 is 12.2 Å². The number of nitrogens with zero attached hydrogens (tertiary/aromatic N) is 6. The molecule has 0 amide bonds. The summed E-state index contributed by atoms with van der Waals surface area (Å²) in [4.78, 5) is 4.93. The highest BCUT2D eigenvalue weighted by Gasteiger charge is 2.06. The summed E-state index contributed by atoms with van der Waals surface area (Å²) >= 11 is 0. The van der Waals surface area contributed by atoms with Gasteiger partial charge in [-0.3, -0.25) is 0 Å². The summed E-state index contributed by atoms with van der Waals surface area (Å²) in [6.07, 6.45) is -1.79. The molecular formula is C6H12N6O3. The zero-order valence-electron chi connectivity index (χ0n) is 7.97. The lowest BCUT2D eigenvalue weighted by molar-refractivity contribution is -0.00164. The van der Waals surface area contributed by atoms with E-state index >= 15 is 0 Å². The summed E-state index contributed by atoms with van der Waals surface area (Å²) in [5.74, 6) is 0. The van der Waals surface area contributed by atoms with Gasteiger partial charge in [-0.1, -0.05) is 10.2 Å². The molecular weight excluding hydrogens is 204 g/mol. The highest BCUT2D eigenvalue weighted by molar-refractivity contribution is 4.61. The lowest BCUT2D eigenvalue weighted by atomic mass is 10.3. The first-order valence-electron chi connectivity index (χ1n) is 4.16. The molecule has 0 saturated carbocycles. The van der Waals surface area contributed by atoms with Crippen LogP contribution in [-0.2, 0) is 4.74 Å². The van der Waals surface area contributed by atoms with Gasteiger partial charge in [0.1, 0.15) is 0 Å². The van der Waals surface area contributed by atoms with Gasteiger partial charge in [0.15, 0.2) is 0 Å². The molecule has 0 aromatic heterocycles. The fourth-order valence-corrected chi connectivity index (χ4v) is 0.707. The maximum Gasteiger partial charge on any atom is 0.0829 e. The number of aliphatic hydroxyl groups excluding tert-OH is 2. The minimum atomic E-state index is -0.896. The predicted octanol–water partition coefficient (Wildman–Crippen LogP) is 0.345. The summed E-state index contributed by atoms with van der Waals surface area (Å²) in [7, 11) is 0. The van der Waals surface area contributed by atoms with Crippen molar-refractivity contribution in [3.8, 4) is 0 Å². The van der Waals surface area contributed by atoms with Gasteiger partial charge in [-0.15, -0.1) is 0 Å². The van der Waals surface area contributed by atoms with Gasteiger partial charge in [0.25, 0.3) is 0 Å². The van der Waals surface area contributed by atoms with E-state index in [1.165, 1.54) is 0 Å². The van der Waals surface area contributed by atoms with Gasteiger partial charge in [-0.05, 0) is 11.1 Å². The Bertz CT molecular complexity index is 234. The molecule has 15 heavy (non-hydrogen) atoms. The summed E-state index contributed by atoms with van der Waals surface area (Å²) in [5, 5.41) is 24.5. The van der Waals surface area contributed by atoms with Gasteiger partial charge in [-0.2, -0.15) is 0 Å². The molecule has 0 rings (SSSR count).